The van der Waals surface area contributed by atoms with Crippen molar-refractivity contribution < 1.29 is 14.0 Å². The van der Waals surface area contributed by atoms with Crippen LogP contribution < -0.4 is 0 Å². The molecule has 1 saturated heterocycles. The van der Waals surface area contributed by atoms with Crippen molar-refractivity contribution in [1.82, 2.24) is 4.90 Å². The number of nitrogens with zero attached hydrogens (tertiary/aromatic N) is 1. The molecule has 6 heteroatoms. The van der Waals surface area contributed by atoms with Crippen LogP contribution in [0.4, 0.5) is 4.79 Å². The van der Waals surface area contributed by atoms with Crippen molar-refractivity contribution in [3.63, 3.8) is 0 Å². The van der Waals surface area contributed by atoms with Crippen molar-refractivity contribution in [3.8, 4) is 11.3 Å². The average Bonchev–Trinajstić information content (AvgIpc) is 3.13. The van der Waals surface area contributed by atoms with Crippen molar-refractivity contribution in [3.05, 3.63) is 51.5 Å². The van der Waals surface area contributed by atoms with Crippen molar-refractivity contribution in [2.75, 3.05) is 6.54 Å². The molecule has 4 nitrogen and oxygen atoms in total. The number of carbonyl (C=O) groups excluding carboxylic acids is 2. The lowest BCUT2D eigenvalue weighted by Gasteiger charge is -2.10. The number of hydrogen-bond donors (Lipinski definition) is 0. The molecule has 1 aliphatic rings. The van der Waals surface area contributed by atoms with E-state index in [1.165, 1.54) is 4.90 Å². The van der Waals surface area contributed by atoms with Crippen molar-refractivity contribution >= 4 is 44.9 Å². The van der Waals surface area contributed by atoms with Gasteiger partial charge in [0.2, 0.25) is 0 Å². The normalized spacial score (nSPS) is 16.4. The van der Waals surface area contributed by atoms with Gasteiger partial charge < -0.3 is 4.42 Å². The fraction of sp³-hybridized carbons (Fsp3) is 0.222. The molecule has 1 aliphatic heterocycles. The molecular formula is C18H16BrNO3S. The summed E-state index contributed by atoms with van der Waals surface area (Å²) in [7, 11) is 0. The van der Waals surface area contributed by atoms with E-state index >= 15 is 0 Å². The predicted octanol–water partition coefficient (Wildman–Crippen LogP) is 5.55. The van der Waals surface area contributed by atoms with E-state index in [2.05, 4.69) is 15.9 Å². The zero-order valence-corrected chi connectivity index (χ0v) is 15.5. The van der Waals surface area contributed by atoms with E-state index in [9.17, 15) is 9.59 Å². The summed E-state index contributed by atoms with van der Waals surface area (Å²) in [5.74, 6) is 1.05. The van der Waals surface area contributed by atoms with Crippen molar-refractivity contribution in [2.24, 2.45) is 0 Å². The molecule has 0 spiro atoms. The molecule has 0 radical (unpaired) electrons. The van der Waals surface area contributed by atoms with Gasteiger partial charge in [0.1, 0.15) is 11.5 Å². The Hall–Kier alpha value is -1.79. The monoisotopic (exact) mass is 405 g/mol. The van der Waals surface area contributed by atoms with Crippen LogP contribution in [0, 0.1) is 0 Å². The van der Waals surface area contributed by atoms with E-state index in [1.807, 2.05) is 37.3 Å². The Bertz CT molecular complexity index is 795. The third-order valence-corrected chi connectivity index (χ3v) is 5.07. The van der Waals surface area contributed by atoms with Crippen LogP contribution in [0.25, 0.3) is 17.4 Å². The third kappa shape index (κ3) is 3.65. The molecule has 0 atom stereocenters. The highest BCUT2D eigenvalue weighted by Crippen LogP contribution is 2.33. The van der Waals surface area contributed by atoms with Crippen molar-refractivity contribution in [1.29, 1.82) is 0 Å². The Morgan fingerprint density at radius 3 is 2.62 bits per heavy atom. The van der Waals surface area contributed by atoms with Gasteiger partial charge in [-0.3, -0.25) is 14.5 Å². The Kier molecular flexibility index (Phi) is 5.26. The summed E-state index contributed by atoms with van der Waals surface area (Å²) in [6.45, 7) is 2.50. The standard InChI is InChI=1S/C18H16BrNO3S/c1-2-3-10-20-17(21)16(24-18(20)22)11-14-8-9-15(23-14)12-4-6-13(19)7-5-12/h4-9,11H,2-3,10H2,1H3/b16-11+. The topological polar surface area (TPSA) is 50.5 Å². The largest absolute Gasteiger partial charge is 0.457 e. The highest BCUT2D eigenvalue weighted by Gasteiger charge is 2.34. The second kappa shape index (κ2) is 7.40. The highest BCUT2D eigenvalue weighted by molar-refractivity contribution is 9.10. The molecule has 0 unspecified atom stereocenters. The number of rotatable bonds is 5. The van der Waals surface area contributed by atoms with Crippen molar-refractivity contribution in [2.45, 2.75) is 19.8 Å². The summed E-state index contributed by atoms with van der Waals surface area (Å²) in [5.41, 5.74) is 0.953. The van der Waals surface area contributed by atoms with Gasteiger partial charge in [0.25, 0.3) is 11.1 Å². The van der Waals surface area contributed by atoms with E-state index in [4.69, 9.17) is 4.42 Å². The maximum Gasteiger partial charge on any atom is 0.293 e. The second-order valence-electron chi connectivity index (χ2n) is 5.40. The SMILES string of the molecule is CCCCN1C(=O)S/C(=C/c2ccc(-c3ccc(Br)cc3)o2)C1=O. The number of benzene rings is 1. The first-order chi connectivity index (χ1) is 11.6. The molecule has 3 rings (SSSR count). The molecule has 0 aliphatic carbocycles. The van der Waals surface area contributed by atoms with Crippen LogP contribution in [0.5, 0.6) is 0 Å². The maximum atomic E-state index is 12.3. The molecule has 2 aromatic rings. The first-order valence-electron chi connectivity index (χ1n) is 7.69. The summed E-state index contributed by atoms with van der Waals surface area (Å²) >= 11 is 4.37. The van der Waals surface area contributed by atoms with Gasteiger partial charge in [-0.15, -0.1) is 0 Å². The number of furan rings is 1. The van der Waals surface area contributed by atoms with Crippen LogP contribution in [0.15, 0.2) is 50.2 Å². The average molecular weight is 406 g/mol. The summed E-state index contributed by atoms with van der Waals surface area (Å²) in [5, 5.41) is -0.209. The van der Waals surface area contributed by atoms with E-state index in [0.29, 0.717) is 17.2 Å². The number of carbonyl (C=O) groups is 2. The highest BCUT2D eigenvalue weighted by atomic mass is 79.9. The number of halogens is 1. The van der Waals surface area contributed by atoms with E-state index in [1.54, 1.807) is 12.1 Å². The number of unbranched alkanes of at least 4 members (excludes halogenated alkanes) is 1. The Morgan fingerprint density at radius 2 is 1.92 bits per heavy atom. The molecular weight excluding hydrogens is 390 g/mol. The zero-order chi connectivity index (χ0) is 17.1. The zero-order valence-electron chi connectivity index (χ0n) is 13.1. The summed E-state index contributed by atoms with van der Waals surface area (Å²) in [4.78, 5) is 26.0. The fourth-order valence-electron chi connectivity index (χ4n) is 2.34. The van der Waals surface area contributed by atoms with Crippen LogP contribution in [0.2, 0.25) is 0 Å². The third-order valence-electron chi connectivity index (χ3n) is 3.64. The Morgan fingerprint density at radius 1 is 1.17 bits per heavy atom. The molecule has 0 saturated carbocycles. The summed E-state index contributed by atoms with van der Waals surface area (Å²) in [6.07, 6.45) is 3.40. The molecule has 1 fully saturated rings. The molecule has 24 heavy (non-hydrogen) atoms. The lowest BCUT2D eigenvalue weighted by atomic mass is 10.2. The molecule has 2 amide bonds. The lowest BCUT2D eigenvalue weighted by molar-refractivity contribution is -0.122. The van der Waals surface area contributed by atoms with E-state index in [0.717, 1.165) is 40.4 Å². The molecule has 1 aromatic heterocycles. The minimum absolute atomic E-state index is 0.209. The quantitative estimate of drug-likeness (QED) is 0.612. The smallest absolute Gasteiger partial charge is 0.293 e. The minimum Gasteiger partial charge on any atom is -0.457 e. The van der Waals surface area contributed by atoms with Gasteiger partial charge in [-0.25, -0.2) is 0 Å². The summed E-state index contributed by atoms with van der Waals surface area (Å²) in [6, 6.07) is 11.4. The molecule has 0 bridgehead atoms. The van der Waals surface area contributed by atoms with Crippen LogP contribution >= 0.6 is 27.7 Å². The first kappa shape index (κ1) is 17.0. The Labute approximate surface area is 153 Å². The van der Waals surface area contributed by atoms with Gasteiger partial charge in [-0.2, -0.15) is 0 Å². The van der Waals surface area contributed by atoms with Gasteiger partial charge in [-0.1, -0.05) is 41.4 Å². The second-order valence-corrected chi connectivity index (χ2v) is 7.30. The molecule has 2 heterocycles. The van der Waals surface area contributed by atoms with E-state index in [-0.39, 0.29) is 11.1 Å². The van der Waals surface area contributed by atoms with Gasteiger partial charge >= 0.3 is 0 Å². The fourth-order valence-corrected chi connectivity index (χ4v) is 3.45. The van der Waals surface area contributed by atoms with Crippen LogP contribution in [0.3, 0.4) is 0 Å². The van der Waals surface area contributed by atoms with Gasteiger partial charge in [0.15, 0.2) is 0 Å². The lowest BCUT2D eigenvalue weighted by Crippen LogP contribution is -2.29. The predicted molar refractivity (Wildman–Crippen MR) is 99.4 cm³/mol. The molecule has 1 aromatic carbocycles. The van der Waals surface area contributed by atoms with Gasteiger partial charge in [-0.05, 0) is 42.4 Å². The molecule has 0 N–H and O–H groups in total. The van der Waals surface area contributed by atoms with Gasteiger partial charge in [0, 0.05) is 22.7 Å². The number of hydrogen-bond acceptors (Lipinski definition) is 4. The Balaban J connectivity index is 1.78. The van der Waals surface area contributed by atoms with Crippen LogP contribution in [0.1, 0.15) is 25.5 Å². The molecule has 124 valence electrons. The summed E-state index contributed by atoms with van der Waals surface area (Å²) < 4.78 is 6.78. The first-order valence-corrected chi connectivity index (χ1v) is 9.30. The van der Waals surface area contributed by atoms with Gasteiger partial charge in [0.05, 0.1) is 4.91 Å². The van der Waals surface area contributed by atoms with Crippen LogP contribution in [-0.4, -0.2) is 22.6 Å². The number of thioether (sulfide) groups is 1. The minimum atomic E-state index is -0.236. The number of amides is 2. The van der Waals surface area contributed by atoms with Crippen LogP contribution in [-0.2, 0) is 4.79 Å². The number of imide groups is 1. The van der Waals surface area contributed by atoms with E-state index < -0.39 is 0 Å². The maximum absolute atomic E-state index is 12.3.